The Hall–Kier alpha value is -1.52. The van der Waals surface area contributed by atoms with Crippen LogP contribution in [0, 0.1) is 12.8 Å². The van der Waals surface area contributed by atoms with Gasteiger partial charge >= 0.3 is 0 Å². The number of hydrogen-bond donors (Lipinski definition) is 2. The number of benzene rings is 1. The predicted octanol–water partition coefficient (Wildman–Crippen LogP) is 2.86. The number of halogens is 1. The van der Waals surface area contributed by atoms with Crippen LogP contribution in [0.5, 0.6) is 0 Å². The zero-order valence-electron chi connectivity index (χ0n) is 11.3. The fourth-order valence-corrected chi connectivity index (χ4v) is 2.74. The fourth-order valence-electron chi connectivity index (χ4n) is 2.53. The monoisotopic (exact) mass is 292 g/mol. The van der Waals surface area contributed by atoms with E-state index in [-0.39, 0.29) is 11.9 Å². The highest BCUT2D eigenvalue weighted by atomic mass is 35.5. The standard InChI is InChI=1S/C15H17ClN2O2/c1-8-10-3-2-4-11(16)14(10)20-13(8)15(19)18-12(7-17)9-5-6-9/h2-4,9,12H,5-7,17H2,1H3,(H,18,19). The number of carbonyl (C=O) groups is 1. The molecule has 1 unspecified atom stereocenters. The maximum Gasteiger partial charge on any atom is 0.287 e. The van der Waals surface area contributed by atoms with Gasteiger partial charge in [-0.15, -0.1) is 0 Å². The van der Waals surface area contributed by atoms with E-state index in [9.17, 15) is 4.79 Å². The fraction of sp³-hybridized carbons (Fsp3) is 0.400. The van der Waals surface area contributed by atoms with Gasteiger partial charge in [-0.1, -0.05) is 23.7 Å². The summed E-state index contributed by atoms with van der Waals surface area (Å²) in [5, 5.41) is 4.35. The van der Waals surface area contributed by atoms with Crippen LogP contribution in [0.2, 0.25) is 5.02 Å². The summed E-state index contributed by atoms with van der Waals surface area (Å²) >= 11 is 6.10. The lowest BCUT2D eigenvalue weighted by Crippen LogP contribution is -2.41. The first kappa shape index (κ1) is 13.5. The van der Waals surface area contributed by atoms with Gasteiger partial charge in [0.1, 0.15) is 0 Å². The van der Waals surface area contributed by atoms with Crippen molar-refractivity contribution in [2.45, 2.75) is 25.8 Å². The molecule has 0 radical (unpaired) electrons. The van der Waals surface area contributed by atoms with E-state index in [4.69, 9.17) is 21.8 Å². The van der Waals surface area contributed by atoms with Gasteiger partial charge in [-0.2, -0.15) is 0 Å². The van der Waals surface area contributed by atoms with Gasteiger partial charge in [0, 0.05) is 23.5 Å². The number of furan rings is 1. The third-order valence-electron chi connectivity index (χ3n) is 3.88. The van der Waals surface area contributed by atoms with Gasteiger partial charge in [-0.3, -0.25) is 4.79 Å². The molecule has 0 aliphatic heterocycles. The summed E-state index contributed by atoms with van der Waals surface area (Å²) in [6.07, 6.45) is 2.26. The van der Waals surface area contributed by atoms with Crippen molar-refractivity contribution in [3.8, 4) is 0 Å². The molecule has 4 nitrogen and oxygen atoms in total. The quantitative estimate of drug-likeness (QED) is 0.910. The van der Waals surface area contributed by atoms with Crippen LogP contribution in [0.4, 0.5) is 0 Å². The minimum Gasteiger partial charge on any atom is -0.449 e. The number of amides is 1. The average molecular weight is 293 g/mol. The van der Waals surface area contributed by atoms with Crippen LogP contribution in [0.25, 0.3) is 11.0 Å². The van der Waals surface area contributed by atoms with Crippen LogP contribution in [0.1, 0.15) is 29.0 Å². The van der Waals surface area contributed by atoms with Crippen LogP contribution in [-0.2, 0) is 0 Å². The molecule has 1 heterocycles. The van der Waals surface area contributed by atoms with Crippen LogP contribution < -0.4 is 11.1 Å². The SMILES string of the molecule is Cc1c(C(=O)NC(CN)C2CC2)oc2c(Cl)cccc12. The maximum absolute atomic E-state index is 12.3. The number of carbonyl (C=O) groups excluding carboxylic acids is 1. The summed E-state index contributed by atoms with van der Waals surface area (Å²) in [6, 6.07) is 5.53. The Balaban J connectivity index is 1.91. The van der Waals surface area contributed by atoms with E-state index in [0.717, 1.165) is 23.8 Å². The lowest BCUT2D eigenvalue weighted by atomic mass is 10.1. The number of rotatable bonds is 4. The molecule has 1 fully saturated rings. The van der Waals surface area contributed by atoms with Crippen LogP contribution >= 0.6 is 11.6 Å². The van der Waals surface area contributed by atoms with Crippen LogP contribution in [0.3, 0.4) is 0 Å². The highest BCUT2D eigenvalue weighted by Crippen LogP contribution is 2.33. The molecule has 20 heavy (non-hydrogen) atoms. The third-order valence-corrected chi connectivity index (χ3v) is 4.18. The summed E-state index contributed by atoms with van der Waals surface area (Å²) < 4.78 is 5.65. The Morgan fingerprint density at radius 3 is 2.90 bits per heavy atom. The van der Waals surface area contributed by atoms with Crippen molar-refractivity contribution in [2.24, 2.45) is 11.7 Å². The molecule has 5 heteroatoms. The summed E-state index contributed by atoms with van der Waals surface area (Å²) in [6.45, 7) is 2.32. The second-order valence-electron chi connectivity index (χ2n) is 5.33. The Bertz CT molecular complexity index is 661. The summed E-state index contributed by atoms with van der Waals surface area (Å²) in [5.74, 6) is 0.626. The van der Waals surface area contributed by atoms with Gasteiger partial charge in [0.15, 0.2) is 11.3 Å². The Morgan fingerprint density at radius 2 is 2.30 bits per heavy atom. The van der Waals surface area contributed by atoms with Gasteiger partial charge in [0.05, 0.1) is 5.02 Å². The van der Waals surface area contributed by atoms with Crippen LogP contribution in [-0.4, -0.2) is 18.5 Å². The van der Waals surface area contributed by atoms with Crippen molar-refractivity contribution < 1.29 is 9.21 Å². The molecule has 1 saturated carbocycles. The molecule has 1 aromatic carbocycles. The van der Waals surface area contributed by atoms with Gasteiger partial charge in [0.25, 0.3) is 5.91 Å². The van der Waals surface area contributed by atoms with Crippen molar-refractivity contribution >= 4 is 28.5 Å². The molecule has 1 atom stereocenters. The van der Waals surface area contributed by atoms with Crippen molar-refractivity contribution in [3.05, 3.63) is 34.5 Å². The number of aryl methyl sites for hydroxylation is 1. The molecule has 0 saturated heterocycles. The first-order valence-corrected chi connectivity index (χ1v) is 7.18. The van der Waals surface area contributed by atoms with E-state index >= 15 is 0 Å². The third kappa shape index (κ3) is 2.30. The van der Waals surface area contributed by atoms with Crippen molar-refractivity contribution in [1.82, 2.24) is 5.32 Å². The molecule has 0 spiro atoms. The Morgan fingerprint density at radius 1 is 1.55 bits per heavy atom. The highest BCUT2D eigenvalue weighted by Gasteiger charge is 2.32. The second kappa shape index (κ2) is 5.11. The second-order valence-corrected chi connectivity index (χ2v) is 5.73. The van der Waals surface area contributed by atoms with E-state index in [2.05, 4.69) is 5.32 Å². The summed E-state index contributed by atoms with van der Waals surface area (Å²) in [5.41, 5.74) is 7.09. The normalized spacial score (nSPS) is 16.4. The highest BCUT2D eigenvalue weighted by molar-refractivity contribution is 6.35. The predicted molar refractivity (Wildman–Crippen MR) is 79.0 cm³/mol. The molecule has 3 N–H and O–H groups in total. The van der Waals surface area contributed by atoms with E-state index in [1.54, 1.807) is 6.07 Å². The van der Waals surface area contributed by atoms with Crippen molar-refractivity contribution in [1.29, 1.82) is 0 Å². The molecule has 106 valence electrons. The van der Waals surface area contributed by atoms with Gasteiger partial charge < -0.3 is 15.5 Å². The topological polar surface area (TPSA) is 68.3 Å². The van der Waals surface area contributed by atoms with E-state index < -0.39 is 0 Å². The molecule has 1 aromatic heterocycles. The molecule has 1 aliphatic rings. The van der Waals surface area contributed by atoms with E-state index in [1.165, 1.54) is 0 Å². The van der Waals surface area contributed by atoms with Crippen LogP contribution in [0.15, 0.2) is 22.6 Å². The van der Waals surface area contributed by atoms with Gasteiger partial charge in [-0.05, 0) is 31.7 Å². The number of hydrogen-bond acceptors (Lipinski definition) is 3. The Kier molecular flexibility index (Phi) is 3.44. The number of para-hydroxylation sites is 1. The van der Waals surface area contributed by atoms with Crippen molar-refractivity contribution in [2.75, 3.05) is 6.54 Å². The van der Waals surface area contributed by atoms with E-state index in [0.29, 0.717) is 28.8 Å². The smallest absolute Gasteiger partial charge is 0.287 e. The average Bonchev–Trinajstić information content (AvgIpc) is 3.21. The van der Waals surface area contributed by atoms with Gasteiger partial charge in [-0.25, -0.2) is 0 Å². The number of nitrogens with one attached hydrogen (secondary N) is 1. The molecule has 1 amide bonds. The zero-order valence-corrected chi connectivity index (χ0v) is 12.0. The zero-order chi connectivity index (χ0) is 14.3. The lowest BCUT2D eigenvalue weighted by molar-refractivity contribution is 0.0906. The molecule has 3 rings (SSSR count). The molecular formula is C15H17ClN2O2. The molecule has 2 aromatic rings. The van der Waals surface area contributed by atoms with E-state index in [1.807, 2.05) is 19.1 Å². The summed E-state index contributed by atoms with van der Waals surface area (Å²) in [4.78, 5) is 12.3. The minimum absolute atomic E-state index is 0.0329. The number of fused-ring (bicyclic) bond motifs is 1. The lowest BCUT2D eigenvalue weighted by Gasteiger charge is -2.15. The molecule has 0 bridgehead atoms. The molecule has 1 aliphatic carbocycles. The first-order chi connectivity index (χ1) is 9.61. The summed E-state index contributed by atoms with van der Waals surface area (Å²) in [7, 11) is 0. The molecular weight excluding hydrogens is 276 g/mol. The Labute approximate surface area is 122 Å². The number of nitrogens with two attached hydrogens (primary N) is 1. The van der Waals surface area contributed by atoms with Gasteiger partial charge in [0.2, 0.25) is 0 Å². The minimum atomic E-state index is -0.211. The van der Waals surface area contributed by atoms with Crippen molar-refractivity contribution in [3.63, 3.8) is 0 Å². The first-order valence-electron chi connectivity index (χ1n) is 6.80. The largest absolute Gasteiger partial charge is 0.449 e. The maximum atomic E-state index is 12.3.